The van der Waals surface area contributed by atoms with E-state index >= 15 is 0 Å². The van der Waals surface area contributed by atoms with Crippen LogP contribution < -0.4 is 0 Å². The van der Waals surface area contributed by atoms with Gasteiger partial charge in [0, 0.05) is 6.42 Å². The van der Waals surface area contributed by atoms with Crippen LogP contribution in [0.25, 0.3) is 5.57 Å². The van der Waals surface area contributed by atoms with Gasteiger partial charge in [0.05, 0.1) is 0 Å². The van der Waals surface area contributed by atoms with Gasteiger partial charge in [-0.2, -0.15) is 0 Å². The standard InChI is InChI=1S/C14H18O/c1-4-13(14(15)5-2)11(3)12-9-7-6-8-10-12/h6-10H,4-5H2,1-3H3/b13-11+. The molecule has 0 radical (unpaired) electrons. The molecule has 0 spiro atoms. The van der Waals surface area contributed by atoms with Gasteiger partial charge in [0.25, 0.3) is 0 Å². The Balaban J connectivity index is 3.12. The molecule has 0 aliphatic heterocycles. The lowest BCUT2D eigenvalue weighted by Gasteiger charge is -2.08. The number of hydrogen-bond donors (Lipinski definition) is 0. The lowest BCUT2D eigenvalue weighted by molar-refractivity contribution is -0.115. The predicted molar refractivity (Wildman–Crippen MR) is 64.6 cm³/mol. The van der Waals surface area contributed by atoms with Crippen LogP contribution in [0, 0.1) is 0 Å². The number of Topliss-reactive ketones (excluding diaryl/α,β-unsaturated/α-hetero) is 1. The number of hydrogen-bond acceptors (Lipinski definition) is 1. The van der Waals surface area contributed by atoms with Crippen molar-refractivity contribution in [2.75, 3.05) is 0 Å². The first-order chi connectivity index (χ1) is 7.20. The van der Waals surface area contributed by atoms with Crippen LogP contribution in [0.1, 0.15) is 39.2 Å². The number of benzene rings is 1. The van der Waals surface area contributed by atoms with Crippen LogP contribution in [0.4, 0.5) is 0 Å². The van der Waals surface area contributed by atoms with Gasteiger partial charge < -0.3 is 0 Å². The summed E-state index contributed by atoms with van der Waals surface area (Å²) in [4.78, 5) is 11.7. The second-order valence-corrected chi connectivity index (χ2v) is 3.60. The highest BCUT2D eigenvalue weighted by atomic mass is 16.1. The largest absolute Gasteiger partial charge is 0.295 e. The molecule has 0 N–H and O–H groups in total. The molecule has 0 heterocycles. The number of ketones is 1. The van der Waals surface area contributed by atoms with Crippen LogP contribution >= 0.6 is 0 Å². The zero-order chi connectivity index (χ0) is 11.3. The fraction of sp³-hybridized carbons (Fsp3) is 0.357. The van der Waals surface area contributed by atoms with Crippen molar-refractivity contribution >= 4 is 11.4 Å². The molecule has 0 amide bonds. The Bertz CT molecular complexity index is 360. The third-order valence-electron chi connectivity index (χ3n) is 2.67. The average Bonchev–Trinajstić information content (AvgIpc) is 2.30. The first-order valence-electron chi connectivity index (χ1n) is 5.49. The second-order valence-electron chi connectivity index (χ2n) is 3.60. The molecule has 0 aliphatic rings. The van der Waals surface area contributed by atoms with E-state index in [4.69, 9.17) is 0 Å². The van der Waals surface area contributed by atoms with E-state index in [2.05, 4.69) is 0 Å². The minimum absolute atomic E-state index is 0.263. The first kappa shape index (κ1) is 11.7. The summed E-state index contributed by atoms with van der Waals surface area (Å²) in [5.41, 5.74) is 3.23. The van der Waals surface area contributed by atoms with Gasteiger partial charge >= 0.3 is 0 Å². The van der Waals surface area contributed by atoms with E-state index < -0.39 is 0 Å². The van der Waals surface area contributed by atoms with Gasteiger partial charge in [-0.3, -0.25) is 4.79 Å². The van der Waals surface area contributed by atoms with Gasteiger partial charge in [-0.1, -0.05) is 44.2 Å². The van der Waals surface area contributed by atoms with Crippen LogP contribution in [0.5, 0.6) is 0 Å². The second kappa shape index (κ2) is 5.50. The molecular weight excluding hydrogens is 184 g/mol. The predicted octanol–water partition coefficient (Wildman–Crippen LogP) is 3.85. The van der Waals surface area contributed by atoms with Crippen molar-refractivity contribution in [3.05, 3.63) is 41.5 Å². The minimum atomic E-state index is 0.263. The van der Waals surface area contributed by atoms with Gasteiger partial charge in [0.15, 0.2) is 5.78 Å². The molecule has 1 heteroatoms. The molecule has 0 atom stereocenters. The molecule has 15 heavy (non-hydrogen) atoms. The van der Waals surface area contributed by atoms with E-state index in [1.165, 1.54) is 0 Å². The Morgan fingerprint density at radius 3 is 2.13 bits per heavy atom. The summed E-state index contributed by atoms with van der Waals surface area (Å²) in [6.07, 6.45) is 1.40. The summed E-state index contributed by atoms with van der Waals surface area (Å²) in [7, 11) is 0. The van der Waals surface area contributed by atoms with Crippen LogP contribution in [-0.4, -0.2) is 5.78 Å². The fourth-order valence-corrected chi connectivity index (χ4v) is 1.75. The molecule has 0 unspecified atom stereocenters. The van der Waals surface area contributed by atoms with Gasteiger partial charge in [0.2, 0.25) is 0 Å². The molecule has 1 aromatic carbocycles. The van der Waals surface area contributed by atoms with E-state index in [0.717, 1.165) is 23.1 Å². The SMILES string of the molecule is CCC(=O)/C(CC)=C(\C)c1ccccc1. The van der Waals surface area contributed by atoms with Crippen molar-refractivity contribution in [3.63, 3.8) is 0 Å². The zero-order valence-corrected chi connectivity index (χ0v) is 9.71. The highest BCUT2D eigenvalue weighted by molar-refractivity contribution is 6.02. The quantitative estimate of drug-likeness (QED) is 0.678. The molecule has 1 rings (SSSR count). The van der Waals surface area contributed by atoms with Crippen LogP contribution in [0.2, 0.25) is 0 Å². The third-order valence-corrected chi connectivity index (χ3v) is 2.67. The summed E-state index contributed by atoms with van der Waals surface area (Å²) < 4.78 is 0. The number of carbonyl (C=O) groups is 1. The van der Waals surface area contributed by atoms with Crippen LogP contribution in [0.3, 0.4) is 0 Å². The summed E-state index contributed by atoms with van der Waals surface area (Å²) >= 11 is 0. The number of carbonyl (C=O) groups excluding carboxylic acids is 1. The van der Waals surface area contributed by atoms with Crippen LogP contribution in [-0.2, 0) is 4.79 Å². The van der Waals surface area contributed by atoms with Gasteiger partial charge in [-0.15, -0.1) is 0 Å². The van der Waals surface area contributed by atoms with E-state index in [-0.39, 0.29) is 5.78 Å². The Morgan fingerprint density at radius 1 is 1.07 bits per heavy atom. The van der Waals surface area contributed by atoms with Crippen molar-refractivity contribution in [2.24, 2.45) is 0 Å². The fourth-order valence-electron chi connectivity index (χ4n) is 1.75. The molecule has 1 nitrogen and oxygen atoms in total. The lowest BCUT2D eigenvalue weighted by atomic mass is 9.96. The van der Waals surface area contributed by atoms with Crippen molar-refractivity contribution < 1.29 is 4.79 Å². The molecular formula is C14H18O. The van der Waals surface area contributed by atoms with E-state index in [1.807, 2.05) is 51.1 Å². The van der Waals surface area contributed by atoms with Crippen molar-refractivity contribution in [1.82, 2.24) is 0 Å². The van der Waals surface area contributed by atoms with Crippen molar-refractivity contribution in [3.8, 4) is 0 Å². The Hall–Kier alpha value is -1.37. The molecule has 0 aliphatic carbocycles. The maximum Gasteiger partial charge on any atom is 0.158 e. The summed E-state index contributed by atoms with van der Waals surface area (Å²) in [5.74, 6) is 0.263. The molecule has 1 aromatic rings. The zero-order valence-electron chi connectivity index (χ0n) is 9.71. The number of allylic oxidation sites excluding steroid dienone is 2. The summed E-state index contributed by atoms with van der Waals surface area (Å²) in [6.45, 7) is 5.98. The van der Waals surface area contributed by atoms with E-state index in [0.29, 0.717) is 6.42 Å². The van der Waals surface area contributed by atoms with Crippen molar-refractivity contribution in [1.29, 1.82) is 0 Å². The highest BCUT2D eigenvalue weighted by Crippen LogP contribution is 2.21. The molecule has 0 saturated carbocycles. The monoisotopic (exact) mass is 202 g/mol. The molecule has 0 fully saturated rings. The average molecular weight is 202 g/mol. The Kier molecular flexibility index (Phi) is 4.29. The Morgan fingerprint density at radius 2 is 1.67 bits per heavy atom. The molecule has 80 valence electrons. The van der Waals surface area contributed by atoms with Gasteiger partial charge in [0.1, 0.15) is 0 Å². The topological polar surface area (TPSA) is 17.1 Å². The summed E-state index contributed by atoms with van der Waals surface area (Å²) in [6, 6.07) is 10.1. The van der Waals surface area contributed by atoms with E-state index in [1.54, 1.807) is 0 Å². The highest BCUT2D eigenvalue weighted by Gasteiger charge is 2.09. The summed E-state index contributed by atoms with van der Waals surface area (Å²) in [5, 5.41) is 0. The lowest BCUT2D eigenvalue weighted by Crippen LogP contribution is -2.02. The minimum Gasteiger partial charge on any atom is -0.295 e. The van der Waals surface area contributed by atoms with Crippen LogP contribution in [0.15, 0.2) is 35.9 Å². The first-order valence-corrected chi connectivity index (χ1v) is 5.49. The molecule has 0 aromatic heterocycles. The molecule has 0 saturated heterocycles. The van der Waals surface area contributed by atoms with Gasteiger partial charge in [-0.25, -0.2) is 0 Å². The van der Waals surface area contributed by atoms with E-state index in [9.17, 15) is 4.79 Å². The van der Waals surface area contributed by atoms with Crippen molar-refractivity contribution in [2.45, 2.75) is 33.6 Å². The smallest absolute Gasteiger partial charge is 0.158 e. The number of rotatable bonds is 4. The maximum atomic E-state index is 11.7. The Labute approximate surface area is 91.8 Å². The third kappa shape index (κ3) is 2.79. The normalized spacial score (nSPS) is 12.2. The van der Waals surface area contributed by atoms with Gasteiger partial charge in [-0.05, 0) is 30.1 Å². The maximum absolute atomic E-state index is 11.7. The molecule has 0 bridgehead atoms.